The molecule has 4 rings (SSSR count). The Morgan fingerprint density at radius 2 is 2.05 bits per heavy atom. The lowest BCUT2D eigenvalue weighted by atomic mass is 9.93. The van der Waals surface area contributed by atoms with Gasteiger partial charge in [0.25, 0.3) is 0 Å². The van der Waals surface area contributed by atoms with E-state index in [-0.39, 0.29) is 18.6 Å². The minimum Gasteiger partial charge on any atom is -0.465 e. The fourth-order valence-corrected chi connectivity index (χ4v) is 4.79. The molecule has 3 aromatic heterocycles. The Labute approximate surface area is 217 Å². The number of nitrogens with one attached hydrogen (secondary N) is 1. The van der Waals surface area contributed by atoms with Gasteiger partial charge in [0, 0.05) is 43.5 Å². The van der Waals surface area contributed by atoms with Gasteiger partial charge in [-0.1, -0.05) is 27.2 Å². The zero-order valence-corrected chi connectivity index (χ0v) is 22.3. The first-order valence-electron chi connectivity index (χ1n) is 12.9. The van der Waals surface area contributed by atoms with E-state index in [1.165, 1.54) is 4.68 Å². The summed E-state index contributed by atoms with van der Waals surface area (Å²) in [6.07, 6.45) is 8.37. The molecule has 0 spiro atoms. The van der Waals surface area contributed by atoms with Gasteiger partial charge in [0.1, 0.15) is 24.3 Å². The molecule has 0 radical (unpaired) electrons. The molecule has 0 aliphatic carbocycles. The van der Waals surface area contributed by atoms with Crippen molar-refractivity contribution in [3.63, 3.8) is 0 Å². The minimum absolute atomic E-state index is 0.0394. The lowest BCUT2D eigenvalue weighted by Gasteiger charge is -2.20. The molecule has 0 unspecified atom stereocenters. The zero-order chi connectivity index (χ0) is 26.5. The highest BCUT2D eigenvalue weighted by molar-refractivity contribution is 5.77. The minimum atomic E-state index is -0.413. The number of esters is 2. The number of likely N-dealkylation sites (tertiary alicyclic amines) is 1. The van der Waals surface area contributed by atoms with Crippen LogP contribution in [0.25, 0.3) is 11.0 Å². The van der Waals surface area contributed by atoms with E-state index in [1.807, 2.05) is 24.2 Å². The Morgan fingerprint density at radius 1 is 1.24 bits per heavy atom. The summed E-state index contributed by atoms with van der Waals surface area (Å²) in [7, 11) is 1.82. The van der Waals surface area contributed by atoms with Gasteiger partial charge in [-0.2, -0.15) is 10.1 Å². The molecule has 0 aromatic carbocycles. The Morgan fingerprint density at radius 3 is 2.78 bits per heavy atom. The highest BCUT2D eigenvalue weighted by atomic mass is 16.5. The number of anilines is 2. The Bertz CT molecular complexity index is 1220. The predicted molar refractivity (Wildman–Crippen MR) is 139 cm³/mol. The van der Waals surface area contributed by atoms with E-state index in [4.69, 9.17) is 14.5 Å². The van der Waals surface area contributed by atoms with Crippen LogP contribution in [0, 0.1) is 11.8 Å². The molecule has 11 heteroatoms. The van der Waals surface area contributed by atoms with Crippen LogP contribution in [-0.4, -0.2) is 73.5 Å². The second-order valence-corrected chi connectivity index (χ2v) is 9.96. The van der Waals surface area contributed by atoms with E-state index in [0.717, 1.165) is 24.0 Å². The molecule has 1 saturated heterocycles. The van der Waals surface area contributed by atoms with E-state index in [0.29, 0.717) is 43.0 Å². The number of nitrogens with zero attached hydrogens (tertiary/aromatic N) is 6. The summed E-state index contributed by atoms with van der Waals surface area (Å²) >= 11 is 0. The number of fused-ring (bicyclic) bond motifs is 1. The SMILES string of the molecule is CCOC(=O)[C@@H]1C[C@@H](OC(=O)Cn2cc(Nc3ncc4ccn(C[C@@H](CC)C(C)C)c4n3)cn2)CN1C. The zero-order valence-electron chi connectivity index (χ0n) is 22.3. The first-order chi connectivity index (χ1) is 17.8. The molecule has 1 N–H and O–H groups in total. The van der Waals surface area contributed by atoms with E-state index < -0.39 is 12.0 Å². The van der Waals surface area contributed by atoms with E-state index in [9.17, 15) is 9.59 Å². The van der Waals surface area contributed by atoms with Gasteiger partial charge in [0.2, 0.25) is 5.95 Å². The van der Waals surface area contributed by atoms with Crippen molar-refractivity contribution in [2.75, 3.05) is 25.5 Å². The van der Waals surface area contributed by atoms with Gasteiger partial charge in [-0.25, -0.2) is 4.98 Å². The van der Waals surface area contributed by atoms with Gasteiger partial charge >= 0.3 is 11.9 Å². The summed E-state index contributed by atoms with van der Waals surface area (Å²) < 4.78 is 14.4. The first kappa shape index (κ1) is 26.6. The fourth-order valence-electron chi connectivity index (χ4n) is 4.79. The molecular formula is C26H37N7O4. The molecular weight excluding hydrogens is 474 g/mol. The fraction of sp³-hybridized carbons (Fsp3) is 0.577. The third kappa shape index (κ3) is 6.46. The standard InChI is InChI=1S/C26H37N7O4/c1-6-18(17(3)4)13-32-9-8-19-11-27-26(30-24(19)32)29-20-12-28-33(14-20)16-23(34)37-21-10-22(31(5)15-21)25(35)36-7-2/h8-9,11-12,14,17-18,21-22H,6-7,10,13,15-16H2,1-5H3,(H,27,29,30)/t18-,21-,22+/m1/s1. The van der Waals surface area contributed by atoms with Crippen LogP contribution >= 0.6 is 0 Å². The van der Waals surface area contributed by atoms with Crippen molar-refractivity contribution in [3.8, 4) is 0 Å². The molecule has 1 fully saturated rings. The van der Waals surface area contributed by atoms with Crippen LogP contribution in [0.5, 0.6) is 0 Å². The van der Waals surface area contributed by atoms with Crippen molar-refractivity contribution in [1.82, 2.24) is 29.2 Å². The molecule has 3 atom stereocenters. The summed E-state index contributed by atoms with van der Waals surface area (Å²) in [4.78, 5) is 35.6. The highest BCUT2D eigenvalue weighted by Gasteiger charge is 2.37. The van der Waals surface area contributed by atoms with Crippen LogP contribution in [0.3, 0.4) is 0 Å². The number of rotatable bonds is 11. The summed E-state index contributed by atoms with van der Waals surface area (Å²) in [5.74, 6) is 0.924. The molecule has 11 nitrogen and oxygen atoms in total. The molecule has 1 aliphatic heterocycles. The number of aromatic nitrogens is 5. The van der Waals surface area contributed by atoms with Crippen molar-refractivity contribution < 1.29 is 19.1 Å². The topological polar surface area (TPSA) is 116 Å². The molecule has 200 valence electrons. The van der Waals surface area contributed by atoms with Gasteiger partial charge in [-0.3, -0.25) is 19.2 Å². The summed E-state index contributed by atoms with van der Waals surface area (Å²) in [5.41, 5.74) is 1.55. The van der Waals surface area contributed by atoms with Gasteiger partial charge in [0.05, 0.1) is 18.5 Å². The van der Waals surface area contributed by atoms with Crippen molar-refractivity contribution in [2.24, 2.45) is 11.8 Å². The summed E-state index contributed by atoms with van der Waals surface area (Å²) in [6.45, 7) is 10.2. The van der Waals surface area contributed by atoms with Crippen molar-refractivity contribution in [2.45, 2.75) is 65.8 Å². The van der Waals surface area contributed by atoms with E-state index >= 15 is 0 Å². The molecule has 4 heterocycles. The highest BCUT2D eigenvalue weighted by Crippen LogP contribution is 2.23. The molecule has 3 aromatic rings. The lowest BCUT2D eigenvalue weighted by molar-refractivity contribution is -0.151. The van der Waals surface area contributed by atoms with Crippen molar-refractivity contribution in [1.29, 1.82) is 0 Å². The van der Waals surface area contributed by atoms with Crippen LogP contribution in [0.15, 0.2) is 30.9 Å². The van der Waals surface area contributed by atoms with E-state index in [2.05, 4.69) is 46.9 Å². The summed E-state index contributed by atoms with van der Waals surface area (Å²) in [6, 6.07) is 1.64. The average Bonchev–Trinajstić information content (AvgIpc) is 3.56. The summed E-state index contributed by atoms with van der Waals surface area (Å²) in [5, 5.41) is 8.43. The number of hydrogen-bond acceptors (Lipinski definition) is 9. The Kier molecular flexibility index (Phi) is 8.42. The lowest BCUT2D eigenvalue weighted by Crippen LogP contribution is -2.34. The molecule has 0 bridgehead atoms. The number of ether oxygens (including phenoxy) is 2. The molecule has 0 saturated carbocycles. The quantitative estimate of drug-likeness (QED) is 0.387. The normalized spacial score (nSPS) is 18.9. The van der Waals surface area contributed by atoms with Crippen LogP contribution in [-0.2, 0) is 32.2 Å². The average molecular weight is 512 g/mol. The van der Waals surface area contributed by atoms with Crippen molar-refractivity contribution in [3.05, 3.63) is 30.9 Å². The number of hydrogen-bond donors (Lipinski definition) is 1. The van der Waals surface area contributed by atoms with Gasteiger partial charge in [0.15, 0.2) is 0 Å². The van der Waals surface area contributed by atoms with Crippen LogP contribution < -0.4 is 5.32 Å². The number of carbonyl (C=O) groups is 2. The number of carbonyl (C=O) groups excluding carboxylic acids is 2. The third-order valence-electron chi connectivity index (χ3n) is 6.95. The second-order valence-electron chi connectivity index (χ2n) is 9.96. The first-order valence-corrected chi connectivity index (χ1v) is 12.9. The number of likely N-dealkylation sites (N-methyl/N-ethyl adjacent to an activating group) is 1. The third-order valence-corrected chi connectivity index (χ3v) is 6.95. The smallest absolute Gasteiger partial charge is 0.328 e. The molecule has 37 heavy (non-hydrogen) atoms. The molecule has 0 amide bonds. The van der Waals surface area contributed by atoms with Gasteiger partial charge in [-0.05, 0) is 31.9 Å². The second kappa shape index (κ2) is 11.7. The van der Waals surface area contributed by atoms with Gasteiger partial charge < -0.3 is 19.4 Å². The monoisotopic (exact) mass is 511 g/mol. The predicted octanol–water partition coefficient (Wildman–Crippen LogP) is 3.23. The maximum absolute atomic E-state index is 12.5. The van der Waals surface area contributed by atoms with Crippen LogP contribution in [0.4, 0.5) is 11.6 Å². The molecule has 1 aliphatic rings. The van der Waals surface area contributed by atoms with Crippen LogP contribution in [0.1, 0.15) is 40.5 Å². The Balaban J connectivity index is 1.34. The van der Waals surface area contributed by atoms with E-state index in [1.54, 1.807) is 19.3 Å². The maximum atomic E-state index is 12.5. The Hall–Kier alpha value is -3.47. The van der Waals surface area contributed by atoms with Crippen LogP contribution in [0.2, 0.25) is 0 Å². The van der Waals surface area contributed by atoms with Crippen molar-refractivity contribution >= 4 is 34.6 Å². The maximum Gasteiger partial charge on any atom is 0.328 e. The largest absolute Gasteiger partial charge is 0.465 e. The van der Waals surface area contributed by atoms with Gasteiger partial charge in [-0.15, -0.1) is 0 Å².